The Hall–Kier alpha value is -3.95. The van der Waals surface area contributed by atoms with Crippen LogP contribution in [-0.2, 0) is 11.2 Å². The summed E-state index contributed by atoms with van der Waals surface area (Å²) in [6.45, 7) is 0.774. The molecule has 1 atom stereocenters. The SMILES string of the molecule is N#Cc1ccc2c(c1)C(=O)N[C@@H](OC(=O)NC1(C#N)CC1)Cc1ccc(c(Cl)c1)OCCCCO2. The van der Waals surface area contributed by atoms with Crippen molar-refractivity contribution < 1.29 is 23.8 Å². The molecule has 1 aliphatic carbocycles. The number of amides is 2. The van der Waals surface area contributed by atoms with E-state index in [1.165, 1.54) is 6.07 Å². The van der Waals surface area contributed by atoms with Crippen LogP contribution in [0.3, 0.4) is 0 Å². The number of rotatable bonds is 2. The van der Waals surface area contributed by atoms with Gasteiger partial charge in [-0.3, -0.25) is 4.79 Å². The number of fused-ring (bicyclic) bond motifs is 10. The first-order valence-corrected chi connectivity index (χ1v) is 11.6. The maximum absolute atomic E-state index is 13.2. The van der Waals surface area contributed by atoms with Crippen molar-refractivity contribution in [2.24, 2.45) is 0 Å². The molecule has 0 saturated heterocycles. The highest BCUT2D eigenvalue weighted by atomic mass is 35.5. The lowest BCUT2D eigenvalue weighted by Gasteiger charge is -2.22. The Labute approximate surface area is 207 Å². The van der Waals surface area contributed by atoms with Crippen molar-refractivity contribution in [3.05, 3.63) is 58.1 Å². The van der Waals surface area contributed by atoms with Crippen LogP contribution in [-0.4, -0.2) is 37.0 Å². The number of hydrogen-bond acceptors (Lipinski definition) is 7. The first-order chi connectivity index (χ1) is 16.9. The summed E-state index contributed by atoms with van der Waals surface area (Å²) in [7, 11) is 0. The monoisotopic (exact) mass is 494 g/mol. The molecule has 2 aromatic carbocycles. The quantitative estimate of drug-likeness (QED) is 0.647. The molecule has 10 heteroatoms. The zero-order valence-electron chi connectivity index (χ0n) is 18.8. The van der Waals surface area contributed by atoms with Crippen LogP contribution in [0.1, 0.15) is 47.2 Å². The fourth-order valence-electron chi connectivity index (χ4n) is 3.56. The van der Waals surface area contributed by atoms with Crippen LogP contribution in [0.4, 0.5) is 4.79 Å². The van der Waals surface area contributed by atoms with E-state index in [1.54, 1.807) is 30.3 Å². The molecule has 2 N–H and O–H groups in total. The van der Waals surface area contributed by atoms with Gasteiger partial charge in [-0.05, 0) is 61.6 Å². The van der Waals surface area contributed by atoms with Gasteiger partial charge in [0.05, 0.1) is 41.5 Å². The molecule has 3 aliphatic rings. The molecule has 1 saturated carbocycles. The van der Waals surface area contributed by atoms with Crippen LogP contribution >= 0.6 is 11.6 Å². The third-order valence-corrected chi connectivity index (χ3v) is 5.97. The minimum atomic E-state index is -1.09. The Bertz CT molecular complexity index is 1220. The van der Waals surface area contributed by atoms with E-state index in [4.69, 9.17) is 25.8 Å². The molecule has 2 aliphatic heterocycles. The second-order valence-electron chi connectivity index (χ2n) is 8.38. The predicted molar refractivity (Wildman–Crippen MR) is 125 cm³/mol. The number of nitriles is 2. The summed E-state index contributed by atoms with van der Waals surface area (Å²) in [6.07, 6.45) is 0.646. The van der Waals surface area contributed by atoms with Gasteiger partial charge in [0.1, 0.15) is 17.0 Å². The van der Waals surface area contributed by atoms with Gasteiger partial charge in [0, 0.05) is 6.42 Å². The largest absolute Gasteiger partial charge is 0.493 e. The van der Waals surface area contributed by atoms with E-state index in [2.05, 4.69) is 16.7 Å². The van der Waals surface area contributed by atoms with Gasteiger partial charge in [0.2, 0.25) is 0 Å². The van der Waals surface area contributed by atoms with Gasteiger partial charge in [-0.25, -0.2) is 4.79 Å². The van der Waals surface area contributed by atoms with Gasteiger partial charge in [0.15, 0.2) is 6.23 Å². The van der Waals surface area contributed by atoms with Crippen molar-refractivity contribution in [1.82, 2.24) is 10.6 Å². The topological polar surface area (TPSA) is 133 Å². The average Bonchev–Trinajstić information content (AvgIpc) is 3.61. The van der Waals surface area contributed by atoms with E-state index in [0.717, 1.165) is 0 Å². The van der Waals surface area contributed by atoms with Crippen molar-refractivity contribution in [2.75, 3.05) is 13.2 Å². The van der Waals surface area contributed by atoms with Gasteiger partial charge in [-0.15, -0.1) is 0 Å². The number of benzene rings is 2. The average molecular weight is 495 g/mol. The fourth-order valence-corrected chi connectivity index (χ4v) is 3.82. The minimum Gasteiger partial charge on any atom is -0.493 e. The molecule has 0 aromatic heterocycles. The van der Waals surface area contributed by atoms with Crippen molar-refractivity contribution in [3.63, 3.8) is 0 Å². The van der Waals surface area contributed by atoms with Crippen molar-refractivity contribution >= 4 is 23.6 Å². The van der Waals surface area contributed by atoms with E-state index in [0.29, 0.717) is 61.0 Å². The number of ether oxygens (including phenoxy) is 3. The molecule has 2 aromatic rings. The van der Waals surface area contributed by atoms with Crippen LogP contribution in [0, 0.1) is 22.7 Å². The molecule has 9 nitrogen and oxygen atoms in total. The number of hydrogen-bond donors (Lipinski definition) is 2. The number of nitrogens with one attached hydrogen (secondary N) is 2. The maximum atomic E-state index is 13.2. The predicted octanol–water partition coefficient (Wildman–Crippen LogP) is 3.84. The first-order valence-electron chi connectivity index (χ1n) is 11.2. The molecule has 0 spiro atoms. The maximum Gasteiger partial charge on any atom is 0.410 e. The molecular weight excluding hydrogens is 472 g/mol. The summed E-state index contributed by atoms with van der Waals surface area (Å²) >= 11 is 6.37. The standard InChI is InChI=1S/C25H23ClN4O5/c26-19-12-16-3-6-21(19)34-10-2-1-9-33-20-5-4-17(14-27)11-18(20)23(31)29-22(13-16)35-24(32)30-25(15-28)7-8-25/h3-6,11-12,22H,1-2,7-10,13H2,(H,29,31)(H,30,32)/t22-/m0/s1. The number of nitrogens with zero attached hydrogens (tertiary/aromatic N) is 2. The summed E-state index contributed by atoms with van der Waals surface area (Å²) in [4.78, 5) is 25.7. The fraction of sp³-hybridized carbons (Fsp3) is 0.360. The Morgan fingerprint density at radius 3 is 2.49 bits per heavy atom. The summed E-state index contributed by atoms with van der Waals surface area (Å²) in [5.41, 5.74) is 0.193. The lowest BCUT2D eigenvalue weighted by atomic mass is 10.1. The lowest BCUT2D eigenvalue weighted by Crippen LogP contribution is -2.45. The molecule has 0 unspecified atom stereocenters. The van der Waals surface area contributed by atoms with Gasteiger partial charge in [-0.2, -0.15) is 10.5 Å². The van der Waals surface area contributed by atoms with Crippen molar-refractivity contribution in [3.8, 4) is 23.6 Å². The Morgan fingerprint density at radius 1 is 1.11 bits per heavy atom. The summed E-state index contributed by atoms with van der Waals surface area (Å²) < 4.78 is 17.1. The second-order valence-corrected chi connectivity index (χ2v) is 8.79. The molecule has 0 radical (unpaired) electrons. The van der Waals surface area contributed by atoms with Crippen LogP contribution < -0.4 is 20.1 Å². The number of carbonyl (C=O) groups is 2. The third-order valence-electron chi connectivity index (χ3n) is 5.67. The van der Waals surface area contributed by atoms with Crippen LogP contribution in [0.25, 0.3) is 0 Å². The number of alkyl carbamates (subject to hydrolysis) is 1. The van der Waals surface area contributed by atoms with E-state index < -0.39 is 23.8 Å². The third kappa shape index (κ3) is 6.14. The molecule has 2 heterocycles. The highest BCUT2D eigenvalue weighted by Gasteiger charge is 2.45. The molecular formula is C25H23ClN4O5. The first kappa shape index (κ1) is 24.2. The van der Waals surface area contributed by atoms with E-state index >= 15 is 0 Å². The minimum absolute atomic E-state index is 0.104. The van der Waals surface area contributed by atoms with Crippen molar-refractivity contribution in [1.29, 1.82) is 10.5 Å². The smallest absolute Gasteiger partial charge is 0.410 e. The van der Waals surface area contributed by atoms with Gasteiger partial charge in [-0.1, -0.05) is 17.7 Å². The van der Waals surface area contributed by atoms with Crippen LogP contribution in [0.2, 0.25) is 5.02 Å². The highest BCUT2D eigenvalue weighted by Crippen LogP contribution is 2.34. The van der Waals surface area contributed by atoms with E-state index in [9.17, 15) is 20.1 Å². The molecule has 2 amide bonds. The summed E-state index contributed by atoms with van der Waals surface area (Å²) in [6, 6.07) is 13.8. The van der Waals surface area contributed by atoms with E-state index in [-0.39, 0.29) is 17.5 Å². The van der Waals surface area contributed by atoms with Gasteiger partial charge in [0.25, 0.3) is 5.91 Å². The van der Waals surface area contributed by atoms with Gasteiger partial charge < -0.3 is 24.8 Å². The Balaban J connectivity index is 1.62. The Morgan fingerprint density at radius 2 is 1.83 bits per heavy atom. The summed E-state index contributed by atoms with van der Waals surface area (Å²) in [5, 5.41) is 24.2. The second kappa shape index (κ2) is 10.5. The van der Waals surface area contributed by atoms with E-state index in [1.807, 2.05) is 6.07 Å². The number of halogens is 1. The summed E-state index contributed by atoms with van der Waals surface area (Å²) in [5.74, 6) is 0.265. The number of carbonyl (C=O) groups excluding carboxylic acids is 2. The van der Waals surface area contributed by atoms with Crippen LogP contribution in [0.5, 0.6) is 11.5 Å². The molecule has 1 fully saturated rings. The zero-order chi connectivity index (χ0) is 24.8. The Kier molecular flexibility index (Phi) is 7.28. The molecule has 2 bridgehead atoms. The van der Waals surface area contributed by atoms with Crippen molar-refractivity contribution in [2.45, 2.75) is 43.9 Å². The molecule has 35 heavy (non-hydrogen) atoms. The zero-order valence-corrected chi connectivity index (χ0v) is 19.6. The molecule has 5 rings (SSSR count). The van der Waals surface area contributed by atoms with Crippen LogP contribution in [0.15, 0.2) is 36.4 Å². The normalized spacial score (nSPS) is 18.9. The lowest BCUT2D eigenvalue weighted by molar-refractivity contribution is 0.0621. The van der Waals surface area contributed by atoms with Gasteiger partial charge >= 0.3 is 6.09 Å². The highest BCUT2D eigenvalue weighted by molar-refractivity contribution is 6.32. The molecule has 180 valence electrons.